The summed E-state index contributed by atoms with van der Waals surface area (Å²) in [5.74, 6) is 0.681. The fraction of sp³-hybridized carbons (Fsp3) is 0.562. The zero-order valence-electron chi connectivity index (χ0n) is 12.3. The summed E-state index contributed by atoms with van der Waals surface area (Å²) in [6.45, 7) is 1.93. The normalized spacial score (nSPS) is 22.3. The molecule has 0 bridgehead atoms. The molecule has 2 aliphatic heterocycles. The summed E-state index contributed by atoms with van der Waals surface area (Å²) in [5.41, 5.74) is 0.973. The minimum Gasteiger partial charge on any atom is -0.493 e. The molecule has 5 nitrogen and oxygen atoms in total. The molecule has 2 aliphatic rings. The third-order valence-corrected chi connectivity index (χ3v) is 4.06. The van der Waals surface area contributed by atoms with Crippen LogP contribution in [0.2, 0.25) is 5.02 Å². The third kappa shape index (κ3) is 3.91. The molecular weight excluding hydrogens is 306 g/mol. The lowest BCUT2D eigenvalue weighted by molar-refractivity contribution is -0.184. The van der Waals surface area contributed by atoms with E-state index in [9.17, 15) is 4.79 Å². The van der Waals surface area contributed by atoms with Crippen LogP contribution in [0.5, 0.6) is 5.75 Å². The molecule has 1 amide bonds. The van der Waals surface area contributed by atoms with Crippen LogP contribution in [-0.4, -0.2) is 32.0 Å². The summed E-state index contributed by atoms with van der Waals surface area (Å²) in [4.78, 5) is 12.2. The number of halogens is 1. The van der Waals surface area contributed by atoms with Crippen LogP contribution in [0.3, 0.4) is 0 Å². The van der Waals surface area contributed by atoms with Crippen molar-refractivity contribution in [2.45, 2.75) is 38.0 Å². The topological polar surface area (TPSA) is 56.8 Å². The van der Waals surface area contributed by atoms with Gasteiger partial charge in [0.15, 0.2) is 6.29 Å². The number of hydrogen-bond donors (Lipinski definition) is 1. The molecule has 1 atom stereocenters. The minimum absolute atomic E-state index is 0.0640. The van der Waals surface area contributed by atoms with E-state index in [4.69, 9.17) is 25.8 Å². The van der Waals surface area contributed by atoms with Gasteiger partial charge in [-0.2, -0.15) is 0 Å². The van der Waals surface area contributed by atoms with E-state index in [1.807, 2.05) is 12.1 Å². The average Bonchev–Trinajstić information content (AvgIpc) is 2.70. The van der Waals surface area contributed by atoms with Gasteiger partial charge in [-0.3, -0.25) is 4.79 Å². The Balaban J connectivity index is 1.65. The molecule has 22 heavy (non-hydrogen) atoms. The Morgan fingerprint density at radius 3 is 2.86 bits per heavy atom. The molecule has 0 spiro atoms. The van der Waals surface area contributed by atoms with Gasteiger partial charge < -0.3 is 19.5 Å². The number of benzene rings is 1. The molecule has 1 N–H and O–H groups in total. The van der Waals surface area contributed by atoms with Crippen molar-refractivity contribution >= 4 is 17.5 Å². The SMILES string of the molecule is O=C(CC1OCCCO1)N[C@@H]1CCCOc2cc(Cl)ccc21. The van der Waals surface area contributed by atoms with Crippen molar-refractivity contribution in [3.8, 4) is 5.75 Å². The van der Waals surface area contributed by atoms with E-state index < -0.39 is 6.29 Å². The Hall–Kier alpha value is -1.30. The summed E-state index contributed by atoms with van der Waals surface area (Å²) < 4.78 is 16.6. The first-order valence-electron chi connectivity index (χ1n) is 7.67. The van der Waals surface area contributed by atoms with E-state index in [0.717, 1.165) is 30.6 Å². The summed E-state index contributed by atoms with van der Waals surface area (Å²) in [6.07, 6.45) is 2.40. The van der Waals surface area contributed by atoms with Crippen molar-refractivity contribution in [2.75, 3.05) is 19.8 Å². The Labute approximate surface area is 134 Å². The van der Waals surface area contributed by atoms with Crippen LogP contribution < -0.4 is 10.1 Å². The van der Waals surface area contributed by atoms with Crippen LogP contribution in [0.1, 0.15) is 37.3 Å². The first-order valence-corrected chi connectivity index (χ1v) is 8.05. The van der Waals surface area contributed by atoms with Gasteiger partial charge in [-0.15, -0.1) is 0 Å². The van der Waals surface area contributed by atoms with E-state index >= 15 is 0 Å². The lowest BCUT2D eigenvalue weighted by Gasteiger charge is -2.24. The maximum Gasteiger partial charge on any atom is 0.225 e. The fourth-order valence-corrected chi connectivity index (χ4v) is 2.92. The highest BCUT2D eigenvalue weighted by atomic mass is 35.5. The lowest BCUT2D eigenvalue weighted by Crippen LogP contribution is -2.34. The molecule has 0 saturated carbocycles. The second-order valence-corrected chi connectivity index (χ2v) is 5.96. The van der Waals surface area contributed by atoms with Gasteiger partial charge in [-0.05, 0) is 31.4 Å². The van der Waals surface area contributed by atoms with Crippen molar-refractivity contribution in [3.63, 3.8) is 0 Å². The van der Waals surface area contributed by atoms with Crippen molar-refractivity contribution in [1.82, 2.24) is 5.32 Å². The second kappa shape index (κ2) is 7.31. The number of hydrogen-bond acceptors (Lipinski definition) is 4. The number of fused-ring (bicyclic) bond motifs is 1. The fourth-order valence-electron chi connectivity index (χ4n) is 2.76. The number of rotatable bonds is 3. The minimum atomic E-state index is -0.430. The number of ether oxygens (including phenoxy) is 3. The lowest BCUT2D eigenvalue weighted by atomic mass is 10.0. The first-order chi connectivity index (χ1) is 10.7. The van der Waals surface area contributed by atoms with E-state index in [2.05, 4.69) is 5.32 Å². The molecule has 3 rings (SSSR count). The van der Waals surface area contributed by atoms with Crippen LogP contribution in [0.4, 0.5) is 0 Å². The Morgan fingerprint density at radius 1 is 1.23 bits per heavy atom. The number of carbonyl (C=O) groups excluding carboxylic acids is 1. The number of amides is 1. The molecule has 1 aromatic carbocycles. The molecule has 6 heteroatoms. The Kier molecular flexibility index (Phi) is 5.18. The standard InChI is InChI=1S/C16H20ClNO4/c17-11-4-5-12-13(3-1-6-20-14(12)9-11)18-15(19)10-16-21-7-2-8-22-16/h4-5,9,13,16H,1-3,6-8,10H2,(H,18,19)/t13-/m1/s1. The second-order valence-electron chi connectivity index (χ2n) is 5.52. The summed E-state index contributed by atoms with van der Waals surface area (Å²) in [5, 5.41) is 3.69. The molecule has 0 unspecified atom stereocenters. The smallest absolute Gasteiger partial charge is 0.225 e. The highest BCUT2D eigenvalue weighted by Gasteiger charge is 2.24. The quantitative estimate of drug-likeness (QED) is 0.928. The molecule has 0 radical (unpaired) electrons. The van der Waals surface area contributed by atoms with Crippen molar-refractivity contribution in [2.24, 2.45) is 0 Å². The van der Waals surface area contributed by atoms with Crippen LogP contribution in [0.25, 0.3) is 0 Å². The van der Waals surface area contributed by atoms with Gasteiger partial charge in [0, 0.05) is 10.6 Å². The van der Waals surface area contributed by atoms with Gasteiger partial charge in [0.1, 0.15) is 5.75 Å². The van der Waals surface area contributed by atoms with E-state index in [-0.39, 0.29) is 18.4 Å². The molecule has 1 aromatic rings. The van der Waals surface area contributed by atoms with Crippen LogP contribution >= 0.6 is 11.6 Å². The molecule has 1 saturated heterocycles. The van der Waals surface area contributed by atoms with E-state index in [1.54, 1.807) is 6.07 Å². The van der Waals surface area contributed by atoms with Crippen molar-refractivity contribution < 1.29 is 19.0 Å². The Bertz CT molecular complexity index is 531. The van der Waals surface area contributed by atoms with Crippen LogP contribution in [0.15, 0.2) is 18.2 Å². The molecule has 0 aliphatic carbocycles. The van der Waals surface area contributed by atoms with Gasteiger partial charge >= 0.3 is 0 Å². The highest BCUT2D eigenvalue weighted by molar-refractivity contribution is 6.30. The largest absolute Gasteiger partial charge is 0.493 e. The summed E-state index contributed by atoms with van der Waals surface area (Å²) in [6, 6.07) is 5.48. The average molecular weight is 326 g/mol. The van der Waals surface area contributed by atoms with Crippen molar-refractivity contribution in [3.05, 3.63) is 28.8 Å². The zero-order valence-corrected chi connectivity index (χ0v) is 13.1. The first kappa shape index (κ1) is 15.6. The Morgan fingerprint density at radius 2 is 2.05 bits per heavy atom. The van der Waals surface area contributed by atoms with Gasteiger partial charge in [0.2, 0.25) is 5.91 Å². The molecule has 120 valence electrons. The molecule has 1 fully saturated rings. The van der Waals surface area contributed by atoms with Gasteiger partial charge in [0.25, 0.3) is 0 Å². The highest BCUT2D eigenvalue weighted by Crippen LogP contribution is 2.33. The van der Waals surface area contributed by atoms with Crippen LogP contribution in [-0.2, 0) is 14.3 Å². The maximum atomic E-state index is 12.2. The third-order valence-electron chi connectivity index (χ3n) is 3.83. The number of nitrogens with one attached hydrogen (secondary N) is 1. The van der Waals surface area contributed by atoms with Gasteiger partial charge in [0.05, 0.1) is 32.3 Å². The van der Waals surface area contributed by atoms with Crippen molar-refractivity contribution in [1.29, 1.82) is 0 Å². The van der Waals surface area contributed by atoms with Gasteiger partial charge in [-0.25, -0.2) is 0 Å². The maximum absolute atomic E-state index is 12.2. The summed E-state index contributed by atoms with van der Waals surface area (Å²) >= 11 is 6.01. The predicted octanol–water partition coefficient (Wildman–Crippen LogP) is 2.82. The van der Waals surface area contributed by atoms with E-state index in [0.29, 0.717) is 24.8 Å². The zero-order chi connectivity index (χ0) is 15.4. The number of carbonyl (C=O) groups is 1. The predicted molar refractivity (Wildman–Crippen MR) is 82.0 cm³/mol. The van der Waals surface area contributed by atoms with Gasteiger partial charge in [-0.1, -0.05) is 17.7 Å². The molecule has 2 heterocycles. The van der Waals surface area contributed by atoms with Crippen LogP contribution in [0, 0.1) is 0 Å². The molecular formula is C16H20ClNO4. The monoisotopic (exact) mass is 325 g/mol. The molecule has 0 aromatic heterocycles. The summed E-state index contributed by atoms with van der Waals surface area (Å²) in [7, 11) is 0. The van der Waals surface area contributed by atoms with E-state index in [1.165, 1.54) is 0 Å².